The highest BCUT2D eigenvalue weighted by Crippen LogP contribution is 2.37. The molecule has 2 fully saturated rings. The van der Waals surface area contributed by atoms with Crippen LogP contribution in [0.3, 0.4) is 0 Å². The number of carbonyl (C=O) groups excluding carboxylic acids is 1. The Morgan fingerprint density at radius 3 is 2.50 bits per heavy atom. The number of fused-ring (bicyclic) bond motifs is 1. The van der Waals surface area contributed by atoms with E-state index >= 15 is 0 Å². The minimum Gasteiger partial charge on any atom is -0.495 e. The number of sulfonamides is 1. The molecule has 1 saturated carbocycles. The third-order valence-electron chi connectivity index (χ3n) is 6.93. The molecule has 172 valence electrons. The molecular formula is C25H32N2O4S. The summed E-state index contributed by atoms with van der Waals surface area (Å²) in [5.74, 6) is 1.44. The average molecular weight is 457 g/mol. The van der Waals surface area contributed by atoms with E-state index in [-0.39, 0.29) is 23.1 Å². The molecule has 0 N–H and O–H groups in total. The summed E-state index contributed by atoms with van der Waals surface area (Å²) in [6.07, 6.45) is 6.02. The van der Waals surface area contributed by atoms with E-state index in [1.165, 1.54) is 43.2 Å². The quantitative estimate of drug-likeness (QED) is 0.654. The number of amides is 1. The zero-order valence-electron chi connectivity index (χ0n) is 18.9. The van der Waals surface area contributed by atoms with Crippen LogP contribution in [0.25, 0.3) is 0 Å². The third kappa shape index (κ3) is 4.69. The van der Waals surface area contributed by atoms with Crippen LogP contribution in [0.2, 0.25) is 0 Å². The topological polar surface area (TPSA) is 66.9 Å². The molecule has 0 unspecified atom stereocenters. The highest BCUT2D eigenvalue weighted by molar-refractivity contribution is 7.89. The second-order valence-corrected chi connectivity index (χ2v) is 11.0. The first kappa shape index (κ1) is 22.8. The number of piperidine rings is 1. The van der Waals surface area contributed by atoms with Gasteiger partial charge in [-0.15, -0.1) is 0 Å². The minimum atomic E-state index is -3.85. The summed E-state index contributed by atoms with van der Waals surface area (Å²) in [4.78, 5) is 15.2. The van der Waals surface area contributed by atoms with Crippen molar-refractivity contribution >= 4 is 15.9 Å². The van der Waals surface area contributed by atoms with Crippen LogP contribution in [0.5, 0.6) is 5.75 Å². The van der Waals surface area contributed by atoms with Crippen LogP contribution in [-0.4, -0.2) is 50.8 Å². The fraction of sp³-hybridized carbons (Fsp3) is 0.480. The molecule has 1 amide bonds. The lowest BCUT2D eigenvalue weighted by Crippen LogP contribution is -2.44. The molecule has 2 atom stereocenters. The normalized spacial score (nSPS) is 21.3. The van der Waals surface area contributed by atoms with Crippen molar-refractivity contribution in [2.24, 2.45) is 11.8 Å². The number of carbonyl (C=O) groups is 1. The molecule has 0 bridgehead atoms. The van der Waals surface area contributed by atoms with Gasteiger partial charge in [-0.2, -0.15) is 4.31 Å². The van der Waals surface area contributed by atoms with Crippen LogP contribution in [0.15, 0.2) is 53.4 Å². The monoisotopic (exact) mass is 456 g/mol. The first-order valence-corrected chi connectivity index (χ1v) is 12.8. The van der Waals surface area contributed by atoms with E-state index in [9.17, 15) is 13.2 Å². The lowest BCUT2D eigenvalue weighted by molar-refractivity contribution is 0.0520. The number of hydrogen-bond acceptors (Lipinski definition) is 4. The molecule has 7 heteroatoms. The molecular weight excluding hydrogens is 424 g/mol. The molecule has 0 aromatic heterocycles. The fourth-order valence-electron chi connectivity index (χ4n) is 5.07. The van der Waals surface area contributed by atoms with Crippen molar-refractivity contribution in [1.82, 2.24) is 9.21 Å². The van der Waals surface area contributed by atoms with Gasteiger partial charge in [0.1, 0.15) is 10.6 Å². The van der Waals surface area contributed by atoms with Crippen LogP contribution in [0.4, 0.5) is 0 Å². The van der Waals surface area contributed by atoms with Crippen molar-refractivity contribution in [3.8, 4) is 5.75 Å². The van der Waals surface area contributed by atoms with Crippen LogP contribution in [0.1, 0.15) is 48.0 Å². The zero-order valence-corrected chi connectivity index (χ0v) is 19.7. The summed E-state index contributed by atoms with van der Waals surface area (Å²) in [5.41, 5.74) is 1.28. The Bertz CT molecular complexity index is 1050. The van der Waals surface area contributed by atoms with Gasteiger partial charge >= 0.3 is 0 Å². The number of benzene rings is 2. The molecule has 1 aliphatic carbocycles. The van der Waals surface area contributed by atoms with E-state index in [1.54, 1.807) is 19.2 Å². The molecule has 2 aromatic rings. The summed E-state index contributed by atoms with van der Waals surface area (Å²) >= 11 is 0. The summed E-state index contributed by atoms with van der Waals surface area (Å²) in [7, 11) is -0.857. The maximum absolute atomic E-state index is 13.4. The van der Waals surface area contributed by atoms with Crippen molar-refractivity contribution < 1.29 is 17.9 Å². The van der Waals surface area contributed by atoms with E-state index in [4.69, 9.17) is 4.74 Å². The van der Waals surface area contributed by atoms with Gasteiger partial charge in [0.15, 0.2) is 0 Å². The first-order valence-electron chi connectivity index (χ1n) is 11.4. The molecule has 2 aromatic carbocycles. The van der Waals surface area contributed by atoms with Crippen molar-refractivity contribution in [2.45, 2.75) is 43.5 Å². The highest BCUT2D eigenvalue weighted by atomic mass is 32.2. The number of methoxy groups -OCH3 is 1. The van der Waals surface area contributed by atoms with Crippen LogP contribution < -0.4 is 4.74 Å². The standard InChI is InChI=1S/C25H32N2O4S/c1-26(17-19-8-4-3-5-9-19)32(29,30)24-16-21(12-13-23(24)31-2)25(28)27-15-14-20-10-6-7-11-22(20)18-27/h3-5,8-9,12-13,16,20,22H,6-7,10-11,14-15,17-18H2,1-2H3/t20-,22+/m1/s1. The maximum atomic E-state index is 13.4. The Kier molecular flexibility index (Phi) is 6.86. The zero-order chi connectivity index (χ0) is 22.7. The Hall–Kier alpha value is -2.38. The van der Waals surface area contributed by atoms with Crippen molar-refractivity contribution in [2.75, 3.05) is 27.2 Å². The molecule has 0 radical (unpaired) electrons. The Labute approximate surface area is 191 Å². The second-order valence-electron chi connectivity index (χ2n) is 8.96. The SMILES string of the molecule is COc1ccc(C(=O)N2CC[C@H]3CCCC[C@H]3C2)cc1S(=O)(=O)N(C)Cc1ccccc1. The molecule has 1 saturated heterocycles. The smallest absolute Gasteiger partial charge is 0.253 e. The largest absolute Gasteiger partial charge is 0.495 e. The van der Waals surface area contributed by atoms with Gasteiger partial charge in [-0.1, -0.05) is 49.6 Å². The van der Waals surface area contributed by atoms with Crippen LogP contribution in [-0.2, 0) is 16.6 Å². The minimum absolute atomic E-state index is 0.0248. The summed E-state index contributed by atoms with van der Waals surface area (Å²) < 4.78 is 33.4. The average Bonchev–Trinajstić information content (AvgIpc) is 2.83. The van der Waals surface area contributed by atoms with E-state index in [2.05, 4.69) is 0 Å². The maximum Gasteiger partial charge on any atom is 0.253 e. The van der Waals surface area contributed by atoms with Gasteiger partial charge in [-0.3, -0.25) is 4.79 Å². The van der Waals surface area contributed by atoms with E-state index in [0.29, 0.717) is 11.5 Å². The van der Waals surface area contributed by atoms with Crippen LogP contribution >= 0.6 is 0 Å². The Morgan fingerprint density at radius 2 is 1.78 bits per heavy atom. The van der Waals surface area contributed by atoms with Crippen molar-refractivity contribution in [1.29, 1.82) is 0 Å². The number of ether oxygens (including phenoxy) is 1. The van der Waals surface area contributed by atoms with Gasteiger partial charge in [0.2, 0.25) is 10.0 Å². The highest BCUT2D eigenvalue weighted by Gasteiger charge is 2.34. The molecule has 1 aliphatic heterocycles. The second kappa shape index (κ2) is 9.63. The summed E-state index contributed by atoms with van der Waals surface area (Å²) in [6, 6.07) is 14.2. The molecule has 4 rings (SSSR count). The molecule has 32 heavy (non-hydrogen) atoms. The lowest BCUT2D eigenvalue weighted by Gasteiger charge is -2.41. The van der Waals surface area contributed by atoms with Gasteiger partial charge in [0.05, 0.1) is 7.11 Å². The first-order chi connectivity index (χ1) is 15.4. The number of rotatable bonds is 6. The predicted octanol–water partition coefficient (Wildman–Crippen LogP) is 4.17. The predicted molar refractivity (Wildman–Crippen MR) is 124 cm³/mol. The molecule has 1 heterocycles. The summed E-state index contributed by atoms with van der Waals surface area (Å²) in [6.45, 7) is 1.74. The van der Waals surface area contributed by atoms with E-state index in [0.717, 1.165) is 31.0 Å². The van der Waals surface area contributed by atoms with Crippen molar-refractivity contribution in [3.05, 3.63) is 59.7 Å². The fourth-order valence-corrected chi connectivity index (χ4v) is 6.41. The van der Waals surface area contributed by atoms with E-state index in [1.807, 2.05) is 35.2 Å². The van der Waals surface area contributed by atoms with E-state index < -0.39 is 10.0 Å². The number of nitrogens with zero attached hydrogens (tertiary/aromatic N) is 2. The molecule has 6 nitrogen and oxygen atoms in total. The third-order valence-corrected chi connectivity index (χ3v) is 8.75. The van der Waals surface area contributed by atoms with Gasteiger partial charge in [0, 0.05) is 32.2 Å². The Balaban J connectivity index is 1.57. The van der Waals surface area contributed by atoms with Gasteiger partial charge in [0.25, 0.3) is 5.91 Å². The molecule has 0 spiro atoms. The van der Waals surface area contributed by atoms with Gasteiger partial charge in [-0.25, -0.2) is 8.42 Å². The summed E-state index contributed by atoms with van der Waals surface area (Å²) in [5, 5.41) is 0. The molecule has 2 aliphatic rings. The van der Waals surface area contributed by atoms with Crippen LogP contribution in [0, 0.1) is 11.8 Å². The number of hydrogen-bond donors (Lipinski definition) is 0. The van der Waals surface area contributed by atoms with Gasteiger partial charge in [-0.05, 0) is 48.4 Å². The lowest BCUT2D eigenvalue weighted by atomic mass is 9.75. The van der Waals surface area contributed by atoms with Gasteiger partial charge < -0.3 is 9.64 Å². The number of likely N-dealkylation sites (tertiary alicyclic amines) is 1. The van der Waals surface area contributed by atoms with Crippen molar-refractivity contribution in [3.63, 3.8) is 0 Å². The Morgan fingerprint density at radius 1 is 1.06 bits per heavy atom.